The molecule has 0 aromatic heterocycles. The molecule has 0 radical (unpaired) electrons. The molecule has 0 spiro atoms. The van der Waals surface area contributed by atoms with Gasteiger partial charge in [-0.05, 0) is 62.6 Å². The Balaban J connectivity index is 1.80. The van der Waals surface area contributed by atoms with Crippen LogP contribution in [0.25, 0.3) is 0 Å². The van der Waals surface area contributed by atoms with Gasteiger partial charge in [0.1, 0.15) is 0 Å². The Kier molecular flexibility index (Phi) is 4.53. The van der Waals surface area contributed by atoms with Gasteiger partial charge in [0, 0.05) is 12.2 Å². The zero-order valence-corrected chi connectivity index (χ0v) is 14.1. The standard InChI is InChI=1S/C19H28N2O/c1-4-11-21-12-15-9-6-10-16(15)18(21)19(22)20-17-13(2)7-5-8-14(17)3/h5,7-8,15-16,18H,4,6,9-12H2,1-3H3,(H,20,22). The number of nitrogens with zero attached hydrogens (tertiary/aromatic N) is 1. The highest BCUT2D eigenvalue weighted by molar-refractivity contribution is 5.96. The van der Waals surface area contributed by atoms with Gasteiger partial charge in [0.15, 0.2) is 0 Å². The van der Waals surface area contributed by atoms with Crippen LogP contribution in [0.4, 0.5) is 5.69 Å². The molecule has 3 rings (SSSR count). The van der Waals surface area contributed by atoms with Crippen molar-refractivity contribution < 1.29 is 4.79 Å². The summed E-state index contributed by atoms with van der Waals surface area (Å²) in [5.74, 6) is 1.51. The maximum atomic E-state index is 13.0. The number of aryl methyl sites for hydroxylation is 2. The minimum absolute atomic E-state index is 0.0754. The molecular formula is C19H28N2O. The van der Waals surface area contributed by atoms with Gasteiger partial charge in [-0.15, -0.1) is 0 Å². The van der Waals surface area contributed by atoms with Gasteiger partial charge in [-0.2, -0.15) is 0 Å². The molecule has 120 valence electrons. The summed E-state index contributed by atoms with van der Waals surface area (Å²) in [4.78, 5) is 15.4. The fraction of sp³-hybridized carbons (Fsp3) is 0.632. The lowest BCUT2D eigenvalue weighted by atomic mass is 9.93. The number of carbonyl (C=O) groups is 1. The molecule has 2 aliphatic rings. The number of para-hydroxylation sites is 1. The number of hydrogen-bond acceptors (Lipinski definition) is 2. The van der Waals surface area contributed by atoms with Crippen LogP contribution in [-0.2, 0) is 4.79 Å². The van der Waals surface area contributed by atoms with E-state index in [9.17, 15) is 4.79 Å². The average Bonchev–Trinajstić information content (AvgIpc) is 3.03. The van der Waals surface area contributed by atoms with Gasteiger partial charge >= 0.3 is 0 Å². The molecule has 3 heteroatoms. The third kappa shape index (κ3) is 2.79. The van der Waals surface area contributed by atoms with Gasteiger partial charge in [-0.25, -0.2) is 0 Å². The Labute approximate surface area is 134 Å². The van der Waals surface area contributed by atoms with Crippen LogP contribution in [0.5, 0.6) is 0 Å². The summed E-state index contributed by atoms with van der Waals surface area (Å²) >= 11 is 0. The lowest BCUT2D eigenvalue weighted by Crippen LogP contribution is -2.43. The highest BCUT2D eigenvalue weighted by Crippen LogP contribution is 2.42. The third-order valence-electron chi connectivity index (χ3n) is 5.49. The molecule has 2 fully saturated rings. The van der Waals surface area contributed by atoms with Gasteiger partial charge in [0.05, 0.1) is 6.04 Å². The normalized spacial score (nSPS) is 27.9. The largest absolute Gasteiger partial charge is 0.324 e. The number of likely N-dealkylation sites (tertiary alicyclic amines) is 1. The highest BCUT2D eigenvalue weighted by Gasteiger charge is 2.47. The van der Waals surface area contributed by atoms with Gasteiger partial charge in [0.25, 0.3) is 0 Å². The summed E-state index contributed by atoms with van der Waals surface area (Å²) in [6, 6.07) is 6.26. The number of anilines is 1. The summed E-state index contributed by atoms with van der Waals surface area (Å²) in [5, 5.41) is 3.24. The minimum atomic E-state index is 0.0754. The van der Waals surface area contributed by atoms with E-state index in [4.69, 9.17) is 0 Å². The maximum Gasteiger partial charge on any atom is 0.242 e. The smallest absolute Gasteiger partial charge is 0.242 e. The Bertz CT molecular complexity index is 534. The van der Waals surface area contributed by atoms with Crippen LogP contribution in [0.2, 0.25) is 0 Å². The predicted molar refractivity (Wildman–Crippen MR) is 91.0 cm³/mol. The van der Waals surface area contributed by atoms with Crippen molar-refractivity contribution in [1.82, 2.24) is 4.90 Å². The Morgan fingerprint density at radius 1 is 1.27 bits per heavy atom. The van der Waals surface area contributed by atoms with Crippen LogP contribution in [-0.4, -0.2) is 29.9 Å². The molecule has 3 nitrogen and oxygen atoms in total. The second kappa shape index (κ2) is 6.41. The first-order valence-electron chi connectivity index (χ1n) is 8.73. The molecule has 3 atom stereocenters. The predicted octanol–water partition coefficient (Wildman–Crippen LogP) is 3.75. The number of carbonyl (C=O) groups excluding carboxylic acids is 1. The topological polar surface area (TPSA) is 32.3 Å². The van der Waals surface area contributed by atoms with Crippen molar-refractivity contribution in [1.29, 1.82) is 0 Å². The van der Waals surface area contributed by atoms with Crippen molar-refractivity contribution in [2.45, 2.75) is 52.5 Å². The van der Waals surface area contributed by atoms with Crippen molar-refractivity contribution >= 4 is 11.6 Å². The van der Waals surface area contributed by atoms with Crippen LogP contribution in [0.15, 0.2) is 18.2 Å². The third-order valence-corrected chi connectivity index (χ3v) is 5.49. The number of rotatable bonds is 4. The maximum absolute atomic E-state index is 13.0. The lowest BCUT2D eigenvalue weighted by Gasteiger charge is -2.27. The Morgan fingerprint density at radius 2 is 2.00 bits per heavy atom. The number of amides is 1. The van der Waals surface area contributed by atoms with Gasteiger partial charge < -0.3 is 5.32 Å². The Morgan fingerprint density at radius 3 is 2.68 bits per heavy atom. The zero-order chi connectivity index (χ0) is 15.7. The van der Waals surface area contributed by atoms with Crippen molar-refractivity contribution in [3.05, 3.63) is 29.3 Å². The zero-order valence-electron chi connectivity index (χ0n) is 14.1. The van der Waals surface area contributed by atoms with Crippen LogP contribution in [0.3, 0.4) is 0 Å². The quantitative estimate of drug-likeness (QED) is 0.918. The summed E-state index contributed by atoms with van der Waals surface area (Å²) < 4.78 is 0. The van der Waals surface area contributed by atoms with E-state index >= 15 is 0 Å². The average molecular weight is 300 g/mol. The molecule has 1 aromatic carbocycles. The molecule has 1 heterocycles. The molecule has 22 heavy (non-hydrogen) atoms. The van der Waals surface area contributed by atoms with E-state index in [1.807, 2.05) is 6.07 Å². The molecule has 1 amide bonds. The van der Waals surface area contributed by atoms with Crippen LogP contribution < -0.4 is 5.32 Å². The lowest BCUT2D eigenvalue weighted by molar-refractivity contribution is -0.121. The fourth-order valence-electron chi connectivity index (χ4n) is 4.48. The molecular weight excluding hydrogens is 272 g/mol. The van der Waals surface area contributed by atoms with Crippen molar-refractivity contribution in [2.75, 3.05) is 18.4 Å². The molecule has 1 aliphatic heterocycles. The van der Waals surface area contributed by atoms with Gasteiger partial charge in [-0.1, -0.05) is 31.5 Å². The molecule has 1 aromatic rings. The second-order valence-electron chi connectivity index (χ2n) is 7.05. The Hall–Kier alpha value is -1.35. The van der Waals surface area contributed by atoms with Crippen molar-refractivity contribution in [3.63, 3.8) is 0 Å². The number of fused-ring (bicyclic) bond motifs is 1. The van der Waals surface area contributed by atoms with E-state index in [-0.39, 0.29) is 11.9 Å². The summed E-state index contributed by atoms with van der Waals surface area (Å²) in [6.07, 6.45) is 4.93. The van der Waals surface area contributed by atoms with Crippen molar-refractivity contribution in [2.24, 2.45) is 11.8 Å². The van der Waals surface area contributed by atoms with E-state index in [2.05, 4.69) is 43.1 Å². The first-order valence-corrected chi connectivity index (χ1v) is 8.73. The highest BCUT2D eigenvalue weighted by atomic mass is 16.2. The molecule has 1 N–H and O–H groups in total. The summed E-state index contributed by atoms with van der Waals surface area (Å²) in [5.41, 5.74) is 3.30. The second-order valence-corrected chi connectivity index (χ2v) is 7.05. The molecule has 0 bridgehead atoms. The van der Waals surface area contributed by atoms with E-state index in [1.165, 1.54) is 19.3 Å². The minimum Gasteiger partial charge on any atom is -0.324 e. The molecule has 1 aliphatic carbocycles. The number of nitrogens with one attached hydrogen (secondary N) is 1. The van der Waals surface area contributed by atoms with E-state index in [0.29, 0.717) is 5.92 Å². The molecule has 1 saturated carbocycles. The summed E-state index contributed by atoms with van der Waals surface area (Å²) in [6.45, 7) is 8.49. The van der Waals surface area contributed by atoms with E-state index in [0.717, 1.165) is 42.2 Å². The summed E-state index contributed by atoms with van der Waals surface area (Å²) in [7, 11) is 0. The van der Waals surface area contributed by atoms with Crippen LogP contribution in [0.1, 0.15) is 43.7 Å². The first-order chi connectivity index (χ1) is 10.6. The van der Waals surface area contributed by atoms with E-state index in [1.54, 1.807) is 0 Å². The SMILES string of the molecule is CCCN1CC2CCCC2C1C(=O)Nc1c(C)cccc1C. The molecule has 3 unspecified atom stereocenters. The van der Waals surface area contributed by atoms with Gasteiger partial charge in [0.2, 0.25) is 5.91 Å². The van der Waals surface area contributed by atoms with Crippen molar-refractivity contribution in [3.8, 4) is 0 Å². The van der Waals surface area contributed by atoms with Gasteiger partial charge in [-0.3, -0.25) is 9.69 Å². The fourth-order valence-corrected chi connectivity index (χ4v) is 4.48. The van der Waals surface area contributed by atoms with Crippen LogP contribution in [0, 0.1) is 25.7 Å². The number of benzene rings is 1. The first kappa shape index (κ1) is 15.5. The van der Waals surface area contributed by atoms with E-state index < -0.39 is 0 Å². The van der Waals surface area contributed by atoms with Crippen LogP contribution >= 0.6 is 0 Å². The monoisotopic (exact) mass is 300 g/mol. The number of hydrogen-bond donors (Lipinski definition) is 1. The molecule has 1 saturated heterocycles.